The molecule has 3 aromatic rings. The molecule has 8 heteroatoms. The highest BCUT2D eigenvalue weighted by Crippen LogP contribution is 2.24. The van der Waals surface area contributed by atoms with Crippen LogP contribution in [0.15, 0.2) is 52.5 Å². The first-order valence-electron chi connectivity index (χ1n) is 10.6. The van der Waals surface area contributed by atoms with E-state index >= 15 is 0 Å². The Morgan fingerprint density at radius 2 is 2.03 bits per heavy atom. The van der Waals surface area contributed by atoms with Crippen LogP contribution >= 0.6 is 11.8 Å². The molecule has 0 radical (unpaired) electrons. The van der Waals surface area contributed by atoms with Crippen molar-refractivity contribution >= 4 is 17.7 Å². The van der Waals surface area contributed by atoms with Gasteiger partial charge in [0.1, 0.15) is 12.1 Å². The van der Waals surface area contributed by atoms with Gasteiger partial charge in [0.2, 0.25) is 5.91 Å². The Bertz CT molecular complexity index is 1010. The van der Waals surface area contributed by atoms with Crippen LogP contribution in [0.2, 0.25) is 0 Å². The maximum atomic E-state index is 13.3. The summed E-state index contributed by atoms with van der Waals surface area (Å²) in [7, 11) is 2.13. The van der Waals surface area contributed by atoms with Crippen molar-refractivity contribution in [2.75, 3.05) is 25.9 Å². The molecule has 1 amide bonds. The van der Waals surface area contributed by atoms with E-state index in [1.807, 2.05) is 21.6 Å². The summed E-state index contributed by atoms with van der Waals surface area (Å²) in [4.78, 5) is 17.6. The third-order valence-corrected chi connectivity index (χ3v) is 6.89. The summed E-state index contributed by atoms with van der Waals surface area (Å²) in [5.74, 6) is 1.23. The number of hydrogen-bond donors (Lipinski definition) is 0. The molecule has 7 nitrogen and oxygen atoms in total. The molecular formula is C23H29N5O2S. The number of piperidine rings is 1. The summed E-state index contributed by atoms with van der Waals surface area (Å²) < 4.78 is 7.48. The molecule has 1 fully saturated rings. The van der Waals surface area contributed by atoms with E-state index < -0.39 is 0 Å². The highest BCUT2D eigenvalue weighted by Gasteiger charge is 2.28. The molecule has 2 aromatic heterocycles. The third-order valence-electron chi connectivity index (χ3n) is 5.97. The van der Waals surface area contributed by atoms with Gasteiger partial charge in [0.15, 0.2) is 5.16 Å². The zero-order valence-electron chi connectivity index (χ0n) is 18.3. The van der Waals surface area contributed by atoms with Crippen molar-refractivity contribution in [3.8, 4) is 5.69 Å². The van der Waals surface area contributed by atoms with Gasteiger partial charge >= 0.3 is 0 Å². The molecule has 1 aliphatic heterocycles. The maximum Gasteiger partial charge on any atom is 0.233 e. The van der Waals surface area contributed by atoms with Gasteiger partial charge in [-0.15, -0.1) is 10.2 Å². The van der Waals surface area contributed by atoms with E-state index in [0.29, 0.717) is 12.3 Å². The number of benzene rings is 1. The van der Waals surface area contributed by atoms with Crippen LogP contribution in [0.5, 0.6) is 0 Å². The molecule has 0 aliphatic carbocycles. The van der Waals surface area contributed by atoms with Crippen molar-refractivity contribution in [1.82, 2.24) is 24.6 Å². The molecule has 0 bridgehead atoms. The topological polar surface area (TPSA) is 67.4 Å². The number of carbonyl (C=O) groups is 1. The quantitative estimate of drug-likeness (QED) is 0.523. The van der Waals surface area contributed by atoms with Gasteiger partial charge in [-0.05, 0) is 82.2 Å². The van der Waals surface area contributed by atoms with Crippen molar-refractivity contribution in [3.05, 3.63) is 59.8 Å². The lowest BCUT2D eigenvalue weighted by atomic mass is 10.0. The van der Waals surface area contributed by atoms with Crippen LogP contribution in [-0.2, 0) is 11.3 Å². The van der Waals surface area contributed by atoms with E-state index in [-0.39, 0.29) is 11.9 Å². The average molecular weight is 440 g/mol. The Balaban J connectivity index is 1.47. The molecule has 3 heterocycles. The summed E-state index contributed by atoms with van der Waals surface area (Å²) >= 11 is 1.43. The number of aryl methyl sites for hydroxylation is 2. The second-order valence-electron chi connectivity index (χ2n) is 8.18. The monoisotopic (exact) mass is 439 g/mol. The van der Waals surface area contributed by atoms with Crippen LogP contribution in [0.3, 0.4) is 0 Å². The third kappa shape index (κ3) is 5.19. The number of nitrogens with zero attached hydrogens (tertiary/aromatic N) is 5. The number of hydrogen-bond acceptors (Lipinski definition) is 6. The summed E-state index contributed by atoms with van der Waals surface area (Å²) in [5, 5.41) is 9.05. The molecule has 164 valence electrons. The minimum absolute atomic E-state index is 0.102. The summed E-state index contributed by atoms with van der Waals surface area (Å²) in [5.41, 5.74) is 3.46. The average Bonchev–Trinajstić information content (AvgIpc) is 3.45. The van der Waals surface area contributed by atoms with E-state index in [1.165, 1.54) is 22.9 Å². The molecule has 4 rings (SSSR count). The zero-order valence-corrected chi connectivity index (χ0v) is 19.1. The molecule has 1 aliphatic rings. The maximum absolute atomic E-state index is 13.3. The van der Waals surface area contributed by atoms with Crippen LogP contribution in [0.1, 0.15) is 29.7 Å². The molecular weight excluding hydrogens is 410 g/mol. The number of carbonyl (C=O) groups excluding carboxylic acids is 1. The fourth-order valence-electron chi connectivity index (χ4n) is 3.88. The Hall–Kier alpha value is -2.58. The second-order valence-corrected chi connectivity index (χ2v) is 9.12. The lowest BCUT2D eigenvalue weighted by Crippen LogP contribution is -2.46. The van der Waals surface area contributed by atoms with E-state index in [1.54, 1.807) is 12.6 Å². The first-order chi connectivity index (χ1) is 15.0. The van der Waals surface area contributed by atoms with Crippen LogP contribution in [0.25, 0.3) is 5.69 Å². The zero-order chi connectivity index (χ0) is 21.8. The van der Waals surface area contributed by atoms with Crippen LogP contribution in [0.4, 0.5) is 0 Å². The van der Waals surface area contributed by atoms with Gasteiger partial charge in [-0.2, -0.15) is 0 Å². The van der Waals surface area contributed by atoms with Gasteiger partial charge in [0.05, 0.1) is 18.6 Å². The number of rotatable bonds is 7. The van der Waals surface area contributed by atoms with Crippen molar-refractivity contribution in [2.24, 2.45) is 0 Å². The van der Waals surface area contributed by atoms with Gasteiger partial charge in [-0.25, -0.2) is 0 Å². The van der Waals surface area contributed by atoms with E-state index in [9.17, 15) is 4.79 Å². The van der Waals surface area contributed by atoms with E-state index in [2.05, 4.69) is 54.2 Å². The van der Waals surface area contributed by atoms with Crippen LogP contribution in [-0.4, -0.2) is 62.4 Å². The highest BCUT2D eigenvalue weighted by molar-refractivity contribution is 7.99. The molecule has 0 saturated carbocycles. The lowest BCUT2D eigenvalue weighted by molar-refractivity contribution is -0.132. The van der Waals surface area contributed by atoms with Gasteiger partial charge in [0, 0.05) is 11.7 Å². The molecule has 0 atom stereocenters. The van der Waals surface area contributed by atoms with Crippen molar-refractivity contribution in [2.45, 2.75) is 44.4 Å². The van der Waals surface area contributed by atoms with Crippen molar-refractivity contribution in [3.63, 3.8) is 0 Å². The normalized spacial score (nSPS) is 15.3. The minimum atomic E-state index is 0.102. The number of furan rings is 1. The van der Waals surface area contributed by atoms with Crippen molar-refractivity contribution < 1.29 is 9.21 Å². The first kappa shape index (κ1) is 21.6. The second kappa shape index (κ2) is 9.70. The fraction of sp³-hybridized carbons (Fsp3) is 0.435. The highest BCUT2D eigenvalue weighted by atomic mass is 32.2. The standard InChI is InChI=1S/C23H29N5O2S/c1-17-6-7-20(13-18(17)2)28-16-24-25-23(28)31-15-22(29)27(14-21-5-4-12-30-21)19-8-10-26(3)11-9-19/h4-7,12-13,16,19H,8-11,14-15H2,1-3H3. The van der Waals surface area contributed by atoms with Crippen LogP contribution in [0, 0.1) is 13.8 Å². The predicted octanol–water partition coefficient (Wildman–Crippen LogP) is 3.69. The number of amides is 1. The SMILES string of the molecule is Cc1ccc(-n2cnnc2SCC(=O)N(Cc2ccco2)C2CCN(C)CC2)cc1C. The Labute approximate surface area is 187 Å². The Morgan fingerprint density at radius 1 is 1.23 bits per heavy atom. The Morgan fingerprint density at radius 3 is 2.74 bits per heavy atom. The summed E-state index contributed by atoms with van der Waals surface area (Å²) in [6, 6.07) is 10.3. The van der Waals surface area contributed by atoms with Gasteiger partial charge in [-0.1, -0.05) is 17.8 Å². The van der Waals surface area contributed by atoms with Gasteiger partial charge in [-0.3, -0.25) is 9.36 Å². The Kier molecular flexibility index (Phi) is 6.77. The molecule has 0 spiro atoms. The molecule has 1 aromatic carbocycles. The van der Waals surface area contributed by atoms with Crippen molar-refractivity contribution in [1.29, 1.82) is 0 Å². The summed E-state index contributed by atoms with van der Waals surface area (Å²) in [6.45, 7) is 6.69. The number of aromatic nitrogens is 3. The lowest BCUT2D eigenvalue weighted by Gasteiger charge is -2.37. The molecule has 0 unspecified atom stereocenters. The smallest absolute Gasteiger partial charge is 0.233 e. The van der Waals surface area contributed by atoms with E-state index in [4.69, 9.17) is 4.42 Å². The van der Waals surface area contributed by atoms with Gasteiger partial charge < -0.3 is 14.2 Å². The molecule has 1 saturated heterocycles. The van der Waals surface area contributed by atoms with Gasteiger partial charge in [0.25, 0.3) is 0 Å². The number of likely N-dealkylation sites (tertiary alicyclic amines) is 1. The van der Waals surface area contributed by atoms with Crippen LogP contribution < -0.4 is 0 Å². The molecule has 0 N–H and O–H groups in total. The minimum Gasteiger partial charge on any atom is -0.467 e. The first-order valence-corrected chi connectivity index (χ1v) is 11.6. The summed E-state index contributed by atoms with van der Waals surface area (Å²) in [6.07, 6.45) is 5.32. The largest absolute Gasteiger partial charge is 0.467 e. The van der Waals surface area contributed by atoms with E-state index in [0.717, 1.165) is 42.5 Å². The number of thioether (sulfide) groups is 1. The predicted molar refractivity (Wildman–Crippen MR) is 121 cm³/mol. The fourth-order valence-corrected chi connectivity index (χ4v) is 4.70. The molecule has 31 heavy (non-hydrogen) atoms.